The van der Waals surface area contributed by atoms with E-state index in [0.29, 0.717) is 0 Å². The summed E-state index contributed by atoms with van der Waals surface area (Å²) in [5, 5.41) is 1.31. The Morgan fingerprint density at radius 3 is 2.80 bits per heavy atom. The Hall–Kier alpha value is -1.20. The van der Waals surface area contributed by atoms with Crippen LogP contribution in [-0.4, -0.2) is 35.3 Å². The third-order valence-corrected chi connectivity index (χ3v) is 5.40. The molecule has 2 aromatic rings. The quantitative estimate of drug-likeness (QED) is 0.809. The maximum absolute atomic E-state index is 5.84. The number of ether oxygens (including phenoxy) is 1. The van der Waals surface area contributed by atoms with E-state index in [1.807, 2.05) is 11.3 Å². The number of anilines is 1. The van der Waals surface area contributed by atoms with Crippen LogP contribution in [0, 0.1) is 0 Å². The molecule has 2 aliphatic rings. The number of thiophene rings is 1. The van der Waals surface area contributed by atoms with Crippen LogP contribution in [0.25, 0.3) is 10.2 Å². The van der Waals surface area contributed by atoms with Crippen molar-refractivity contribution in [3.8, 4) is 0 Å². The van der Waals surface area contributed by atoms with Crippen molar-refractivity contribution in [3.63, 3.8) is 0 Å². The van der Waals surface area contributed by atoms with E-state index >= 15 is 0 Å². The van der Waals surface area contributed by atoms with Crippen LogP contribution in [-0.2, 0) is 17.6 Å². The maximum atomic E-state index is 5.84. The molecular formula is C15H19N3OS. The van der Waals surface area contributed by atoms with Gasteiger partial charge < -0.3 is 9.64 Å². The average Bonchev–Trinajstić information content (AvgIpc) is 2.96. The average molecular weight is 289 g/mol. The van der Waals surface area contributed by atoms with E-state index in [1.165, 1.54) is 35.1 Å². The second-order valence-corrected chi connectivity index (χ2v) is 6.98. The fourth-order valence-corrected chi connectivity index (χ4v) is 4.73. The molecule has 0 unspecified atom stereocenters. The summed E-state index contributed by atoms with van der Waals surface area (Å²) < 4.78 is 5.84. The molecule has 4 rings (SSSR count). The summed E-state index contributed by atoms with van der Waals surface area (Å²) in [6, 6.07) is 0. The lowest BCUT2D eigenvalue weighted by atomic mass is 10.1. The van der Waals surface area contributed by atoms with E-state index in [4.69, 9.17) is 4.74 Å². The Balaban J connectivity index is 1.83. The van der Waals surface area contributed by atoms with Crippen LogP contribution in [0.5, 0.6) is 0 Å². The van der Waals surface area contributed by atoms with Crippen molar-refractivity contribution in [3.05, 3.63) is 16.8 Å². The Morgan fingerprint density at radius 2 is 2.00 bits per heavy atom. The molecule has 106 valence electrons. The predicted octanol–water partition coefficient (Wildman–Crippen LogP) is 2.79. The van der Waals surface area contributed by atoms with Crippen molar-refractivity contribution in [1.82, 2.24) is 9.97 Å². The molecule has 0 radical (unpaired) electrons. The maximum Gasteiger partial charge on any atom is 0.141 e. The van der Waals surface area contributed by atoms with Gasteiger partial charge in [-0.25, -0.2) is 9.97 Å². The molecule has 4 nitrogen and oxygen atoms in total. The number of hydrogen-bond donors (Lipinski definition) is 0. The van der Waals surface area contributed by atoms with E-state index in [-0.39, 0.29) is 12.2 Å². The Labute approximate surface area is 122 Å². The zero-order chi connectivity index (χ0) is 13.7. The summed E-state index contributed by atoms with van der Waals surface area (Å²) in [5.41, 5.74) is 1.51. The Kier molecular flexibility index (Phi) is 2.93. The molecule has 0 amide bonds. The molecule has 1 saturated heterocycles. The first-order valence-electron chi connectivity index (χ1n) is 7.38. The molecule has 2 aromatic heterocycles. The van der Waals surface area contributed by atoms with Gasteiger partial charge in [0.25, 0.3) is 0 Å². The molecule has 0 spiro atoms. The Morgan fingerprint density at radius 1 is 1.20 bits per heavy atom. The van der Waals surface area contributed by atoms with Crippen molar-refractivity contribution in [2.45, 2.75) is 45.3 Å². The van der Waals surface area contributed by atoms with E-state index in [9.17, 15) is 0 Å². The fourth-order valence-electron chi connectivity index (χ4n) is 3.50. The first kappa shape index (κ1) is 12.5. The van der Waals surface area contributed by atoms with Crippen molar-refractivity contribution in [2.75, 3.05) is 18.0 Å². The molecule has 20 heavy (non-hydrogen) atoms. The molecule has 2 atom stereocenters. The summed E-state index contributed by atoms with van der Waals surface area (Å²) in [4.78, 5) is 14.2. The predicted molar refractivity (Wildman–Crippen MR) is 81.7 cm³/mol. The second-order valence-electron chi connectivity index (χ2n) is 5.90. The zero-order valence-electron chi connectivity index (χ0n) is 11.9. The smallest absolute Gasteiger partial charge is 0.141 e. The lowest BCUT2D eigenvalue weighted by molar-refractivity contribution is -0.00537. The number of aromatic nitrogens is 2. The van der Waals surface area contributed by atoms with E-state index < -0.39 is 0 Å². The second kappa shape index (κ2) is 4.67. The van der Waals surface area contributed by atoms with Gasteiger partial charge in [0.05, 0.1) is 17.6 Å². The molecule has 1 aliphatic heterocycles. The molecule has 1 fully saturated rings. The van der Waals surface area contributed by atoms with Gasteiger partial charge in [-0.05, 0) is 38.7 Å². The molecule has 1 aliphatic carbocycles. The van der Waals surface area contributed by atoms with Gasteiger partial charge in [-0.15, -0.1) is 11.3 Å². The molecule has 0 bridgehead atoms. The van der Waals surface area contributed by atoms with Crippen LogP contribution >= 0.6 is 11.3 Å². The molecule has 0 N–H and O–H groups in total. The molecule has 3 heterocycles. The van der Waals surface area contributed by atoms with Gasteiger partial charge in [0, 0.05) is 18.0 Å². The lowest BCUT2D eigenvalue weighted by Crippen LogP contribution is -2.46. The van der Waals surface area contributed by atoms with Gasteiger partial charge in [-0.1, -0.05) is 0 Å². The van der Waals surface area contributed by atoms with Crippen LogP contribution in [0.3, 0.4) is 0 Å². The van der Waals surface area contributed by atoms with Crippen LogP contribution < -0.4 is 4.90 Å². The number of morpholine rings is 1. The highest BCUT2D eigenvalue weighted by Gasteiger charge is 2.28. The Bertz CT molecular complexity index is 644. The van der Waals surface area contributed by atoms with Gasteiger partial charge in [0.2, 0.25) is 0 Å². The van der Waals surface area contributed by atoms with Crippen LogP contribution in [0.1, 0.15) is 30.7 Å². The van der Waals surface area contributed by atoms with E-state index in [2.05, 4.69) is 28.7 Å². The summed E-state index contributed by atoms with van der Waals surface area (Å²) in [6.07, 6.45) is 5.91. The molecule has 5 heteroatoms. The van der Waals surface area contributed by atoms with Crippen LogP contribution in [0.15, 0.2) is 6.33 Å². The van der Waals surface area contributed by atoms with E-state index in [0.717, 1.165) is 23.7 Å². The number of fused-ring (bicyclic) bond motifs is 3. The number of nitrogens with zero attached hydrogens (tertiary/aromatic N) is 3. The SMILES string of the molecule is C[C@@H]1CN(c2ncnc3sc4c(c23)CCC4)C[C@@H](C)O1. The number of rotatable bonds is 1. The van der Waals surface area contributed by atoms with Gasteiger partial charge >= 0.3 is 0 Å². The summed E-state index contributed by atoms with van der Waals surface area (Å²) in [7, 11) is 0. The van der Waals surface area contributed by atoms with Crippen molar-refractivity contribution < 1.29 is 4.74 Å². The molecular weight excluding hydrogens is 270 g/mol. The first-order chi connectivity index (χ1) is 9.72. The minimum Gasteiger partial charge on any atom is -0.372 e. The highest BCUT2D eigenvalue weighted by molar-refractivity contribution is 7.19. The van der Waals surface area contributed by atoms with Crippen LogP contribution in [0.4, 0.5) is 5.82 Å². The van der Waals surface area contributed by atoms with E-state index in [1.54, 1.807) is 6.33 Å². The minimum atomic E-state index is 0.260. The molecule has 0 aromatic carbocycles. The number of aryl methyl sites for hydroxylation is 2. The zero-order valence-corrected chi connectivity index (χ0v) is 12.7. The van der Waals surface area contributed by atoms with Gasteiger partial charge in [0.1, 0.15) is 17.0 Å². The number of hydrogen-bond acceptors (Lipinski definition) is 5. The topological polar surface area (TPSA) is 38.2 Å². The van der Waals surface area contributed by atoms with Crippen molar-refractivity contribution in [2.24, 2.45) is 0 Å². The minimum absolute atomic E-state index is 0.260. The first-order valence-corrected chi connectivity index (χ1v) is 8.19. The third kappa shape index (κ3) is 1.91. The summed E-state index contributed by atoms with van der Waals surface area (Å²) in [5.74, 6) is 1.12. The lowest BCUT2D eigenvalue weighted by Gasteiger charge is -2.36. The normalized spacial score (nSPS) is 26.2. The largest absolute Gasteiger partial charge is 0.372 e. The van der Waals surface area contributed by atoms with Gasteiger partial charge in [-0.2, -0.15) is 0 Å². The third-order valence-electron chi connectivity index (χ3n) is 4.20. The van der Waals surface area contributed by atoms with Crippen molar-refractivity contribution >= 4 is 27.4 Å². The summed E-state index contributed by atoms with van der Waals surface area (Å²) in [6.45, 7) is 6.11. The van der Waals surface area contributed by atoms with Crippen LogP contribution in [0.2, 0.25) is 0 Å². The highest BCUT2D eigenvalue weighted by atomic mass is 32.1. The van der Waals surface area contributed by atoms with Gasteiger partial charge in [-0.3, -0.25) is 0 Å². The van der Waals surface area contributed by atoms with Crippen molar-refractivity contribution in [1.29, 1.82) is 0 Å². The summed E-state index contributed by atoms with van der Waals surface area (Å²) >= 11 is 1.86. The highest BCUT2D eigenvalue weighted by Crippen LogP contribution is 2.40. The molecule has 0 saturated carbocycles. The monoisotopic (exact) mass is 289 g/mol. The standard InChI is InChI=1S/C15H19N3OS/c1-9-6-18(7-10(2)19-9)14-13-11-4-3-5-12(11)20-15(13)17-8-16-14/h8-10H,3-7H2,1-2H3/t9-,10-/m1/s1. The van der Waals surface area contributed by atoms with Gasteiger partial charge in [0.15, 0.2) is 0 Å². The fraction of sp³-hybridized carbons (Fsp3) is 0.600.